The lowest BCUT2D eigenvalue weighted by molar-refractivity contribution is 0.178. The Morgan fingerprint density at radius 3 is 2.20 bits per heavy atom. The zero-order valence-electron chi connectivity index (χ0n) is 6.17. The summed E-state index contributed by atoms with van der Waals surface area (Å²) in [5.41, 5.74) is 8.50. The van der Waals surface area contributed by atoms with Gasteiger partial charge in [0, 0.05) is 6.61 Å². The summed E-state index contributed by atoms with van der Waals surface area (Å²) in [4.78, 5) is 9.00. The second-order valence-electron chi connectivity index (χ2n) is 1.35. The Hall–Kier alpha value is -1.03. The number of urea groups is 1. The van der Waals surface area contributed by atoms with Gasteiger partial charge in [-0.1, -0.05) is 6.08 Å². The first kappa shape index (κ1) is 11.7. The first-order chi connectivity index (χ1) is 4.65. The second-order valence-corrected chi connectivity index (χ2v) is 1.35. The maximum absolute atomic E-state index is 9.00. The number of carbonyl (C=O) groups is 1. The van der Waals surface area contributed by atoms with Crippen molar-refractivity contribution < 1.29 is 9.53 Å². The van der Waals surface area contributed by atoms with Crippen molar-refractivity contribution in [1.82, 2.24) is 0 Å². The summed E-state index contributed by atoms with van der Waals surface area (Å²) in [6, 6.07) is -0.833. The molecule has 0 saturated carbocycles. The van der Waals surface area contributed by atoms with E-state index < -0.39 is 6.03 Å². The maximum atomic E-state index is 9.00. The van der Waals surface area contributed by atoms with Crippen LogP contribution in [-0.4, -0.2) is 19.2 Å². The van der Waals surface area contributed by atoms with Crippen LogP contribution >= 0.6 is 0 Å². The van der Waals surface area contributed by atoms with Gasteiger partial charge in [0.05, 0.1) is 6.61 Å². The van der Waals surface area contributed by atoms with Crippen LogP contribution in [0.15, 0.2) is 12.7 Å². The molecule has 10 heavy (non-hydrogen) atoms. The normalized spacial score (nSPS) is 7.30. The van der Waals surface area contributed by atoms with E-state index in [4.69, 9.17) is 9.53 Å². The molecule has 0 aromatic heterocycles. The van der Waals surface area contributed by atoms with E-state index in [1.807, 2.05) is 6.92 Å². The summed E-state index contributed by atoms with van der Waals surface area (Å²) in [6.07, 6.45) is 1.74. The van der Waals surface area contributed by atoms with Gasteiger partial charge < -0.3 is 16.2 Å². The van der Waals surface area contributed by atoms with Crippen LogP contribution in [-0.2, 0) is 4.74 Å². The number of hydrogen-bond donors (Lipinski definition) is 2. The first-order valence-electron chi connectivity index (χ1n) is 2.88. The van der Waals surface area contributed by atoms with E-state index in [1.54, 1.807) is 6.08 Å². The van der Waals surface area contributed by atoms with Gasteiger partial charge in [-0.3, -0.25) is 0 Å². The predicted molar refractivity (Wildman–Crippen MR) is 40.5 cm³/mol. The van der Waals surface area contributed by atoms with Crippen LogP contribution in [0.4, 0.5) is 4.79 Å². The fourth-order valence-electron chi connectivity index (χ4n) is 0.201. The van der Waals surface area contributed by atoms with Gasteiger partial charge in [-0.25, -0.2) is 4.79 Å². The van der Waals surface area contributed by atoms with E-state index in [1.165, 1.54) is 0 Å². The van der Waals surface area contributed by atoms with Gasteiger partial charge in [0.1, 0.15) is 0 Å². The van der Waals surface area contributed by atoms with Gasteiger partial charge in [-0.2, -0.15) is 0 Å². The van der Waals surface area contributed by atoms with Gasteiger partial charge in [0.2, 0.25) is 0 Å². The molecule has 0 radical (unpaired) electrons. The van der Waals surface area contributed by atoms with Crippen LogP contribution in [0.3, 0.4) is 0 Å². The van der Waals surface area contributed by atoms with E-state index in [2.05, 4.69) is 18.0 Å². The topological polar surface area (TPSA) is 78.3 Å². The Morgan fingerprint density at radius 1 is 1.70 bits per heavy atom. The van der Waals surface area contributed by atoms with Crippen LogP contribution < -0.4 is 11.5 Å². The largest absolute Gasteiger partial charge is 0.378 e. The average molecular weight is 146 g/mol. The molecule has 2 amide bonds. The lowest BCUT2D eigenvalue weighted by Crippen LogP contribution is -2.18. The van der Waals surface area contributed by atoms with Gasteiger partial charge in [0.15, 0.2) is 0 Å². The molecule has 0 heterocycles. The van der Waals surface area contributed by atoms with Crippen LogP contribution in [0.2, 0.25) is 0 Å². The number of rotatable bonds is 3. The lowest BCUT2D eigenvalue weighted by atomic mass is 10.7. The van der Waals surface area contributed by atoms with Gasteiger partial charge in [0.25, 0.3) is 0 Å². The predicted octanol–water partition coefficient (Wildman–Crippen LogP) is 0.233. The van der Waals surface area contributed by atoms with E-state index in [0.29, 0.717) is 6.61 Å². The smallest absolute Gasteiger partial charge is 0.309 e. The van der Waals surface area contributed by atoms with Crippen LogP contribution in [0, 0.1) is 0 Å². The van der Waals surface area contributed by atoms with Crippen molar-refractivity contribution in [3.8, 4) is 0 Å². The molecular weight excluding hydrogens is 132 g/mol. The van der Waals surface area contributed by atoms with Gasteiger partial charge in [-0.05, 0) is 6.92 Å². The summed E-state index contributed by atoms with van der Waals surface area (Å²) in [5.74, 6) is 0. The van der Waals surface area contributed by atoms with Crippen molar-refractivity contribution in [2.45, 2.75) is 6.92 Å². The molecule has 0 aliphatic carbocycles. The molecule has 60 valence electrons. The third-order valence-corrected chi connectivity index (χ3v) is 0.440. The molecule has 0 fully saturated rings. The highest BCUT2D eigenvalue weighted by Gasteiger charge is 1.67. The minimum Gasteiger partial charge on any atom is -0.378 e. The molecule has 0 bridgehead atoms. The van der Waals surface area contributed by atoms with Crippen LogP contribution in [0.1, 0.15) is 6.92 Å². The molecule has 0 aliphatic rings. The molecule has 4 heteroatoms. The second kappa shape index (κ2) is 10.9. The average Bonchev–Trinajstić information content (AvgIpc) is 1.82. The molecule has 0 rings (SSSR count). The number of amides is 2. The van der Waals surface area contributed by atoms with E-state index in [0.717, 1.165) is 6.61 Å². The quantitative estimate of drug-likeness (QED) is 0.441. The molecule has 4 N–H and O–H groups in total. The van der Waals surface area contributed by atoms with Crippen molar-refractivity contribution >= 4 is 6.03 Å². The van der Waals surface area contributed by atoms with Crippen LogP contribution in [0.25, 0.3) is 0 Å². The lowest BCUT2D eigenvalue weighted by Gasteiger charge is -1.88. The Balaban J connectivity index is 0. The number of primary amides is 2. The summed E-state index contributed by atoms with van der Waals surface area (Å²) >= 11 is 0. The summed E-state index contributed by atoms with van der Waals surface area (Å²) in [7, 11) is 0. The Kier molecular flexibility index (Phi) is 12.7. The highest BCUT2D eigenvalue weighted by atomic mass is 16.5. The fourth-order valence-corrected chi connectivity index (χ4v) is 0.201. The molecule has 0 unspecified atom stereocenters. The van der Waals surface area contributed by atoms with Gasteiger partial charge >= 0.3 is 6.03 Å². The van der Waals surface area contributed by atoms with Crippen molar-refractivity contribution in [3.05, 3.63) is 12.7 Å². The number of nitrogens with two attached hydrogens (primary N) is 2. The highest BCUT2D eigenvalue weighted by molar-refractivity contribution is 5.69. The molecule has 0 aromatic carbocycles. The molecule has 0 atom stereocenters. The first-order valence-corrected chi connectivity index (χ1v) is 2.88. The van der Waals surface area contributed by atoms with Crippen molar-refractivity contribution in [2.75, 3.05) is 13.2 Å². The minimum atomic E-state index is -0.833. The standard InChI is InChI=1S/C5H10O.CH4N2O/c1-3-5-6-4-2;2-1(3)4/h3H,1,4-5H2,2H3;(H4,2,3,4). The number of hydrogen-bond acceptors (Lipinski definition) is 2. The summed E-state index contributed by atoms with van der Waals surface area (Å²) < 4.78 is 4.86. The molecule has 0 spiro atoms. The number of carbonyl (C=O) groups excluding carboxylic acids is 1. The Labute approximate surface area is 60.8 Å². The molecule has 0 aromatic rings. The SMILES string of the molecule is C=CCOCC.NC(N)=O. The Bertz CT molecular complexity index is 89.7. The highest BCUT2D eigenvalue weighted by Crippen LogP contribution is 1.69. The minimum absolute atomic E-state index is 0.677. The fraction of sp³-hybridized carbons (Fsp3) is 0.500. The van der Waals surface area contributed by atoms with Crippen molar-refractivity contribution in [3.63, 3.8) is 0 Å². The monoisotopic (exact) mass is 146 g/mol. The zero-order chi connectivity index (χ0) is 8.41. The van der Waals surface area contributed by atoms with Crippen molar-refractivity contribution in [2.24, 2.45) is 11.5 Å². The Morgan fingerprint density at radius 2 is 2.10 bits per heavy atom. The van der Waals surface area contributed by atoms with Crippen LogP contribution in [0.5, 0.6) is 0 Å². The van der Waals surface area contributed by atoms with E-state index >= 15 is 0 Å². The third-order valence-electron chi connectivity index (χ3n) is 0.440. The van der Waals surface area contributed by atoms with Crippen molar-refractivity contribution in [1.29, 1.82) is 0 Å². The van der Waals surface area contributed by atoms with E-state index in [-0.39, 0.29) is 0 Å². The molecule has 4 nitrogen and oxygen atoms in total. The zero-order valence-corrected chi connectivity index (χ0v) is 6.17. The van der Waals surface area contributed by atoms with E-state index in [9.17, 15) is 0 Å². The molecule has 0 saturated heterocycles. The summed E-state index contributed by atoms with van der Waals surface area (Å²) in [6.45, 7) is 6.90. The molecule has 0 aliphatic heterocycles. The molecular formula is C6H14N2O2. The maximum Gasteiger partial charge on any atom is 0.309 e. The van der Waals surface area contributed by atoms with Gasteiger partial charge in [-0.15, -0.1) is 6.58 Å². The third kappa shape index (κ3) is 64.0. The summed E-state index contributed by atoms with van der Waals surface area (Å²) in [5, 5.41) is 0. The number of ether oxygens (including phenoxy) is 1.